The first-order valence-corrected chi connectivity index (χ1v) is 7.80. The van der Waals surface area contributed by atoms with Crippen LogP contribution in [0.15, 0.2) is 22.7 Å². The number of thiazole rings is 1. The molecule has 0 radical (unpaired) electrons. The van der Waals surface area contributed by atoms with Crippen molar-refractivity contribution in [2.24, 2.45) is 0 Å². The second-order valence-corrected chi connectivity index (χ2v) is 6.26. The molecule has 0 bridgehead atoms. The Morgan fingerprint density at radius 1 is 1.37 bits per heavy atom. The molecule has 2 heterocycles. The van der Waals surface area contributed by atoms with E-state index in [0.29, 0.717) is 18.4 Å². The third kappa shape index (κ3) is 2.36. The van der Waals surface area contributed by atoms with E-state index in [0.717, 1.165) is 30.6 Å². The van der Waals surface area contributed by atoms with Crippen molar-refractivity contribution in [3.05, 3.63) is 32.8 Å². The van der Waals surface area contributed by atoms with Gasteiger partial charge in [-0.1, -0.05) is 33.6 Å². The number of hydrogen-bond donors (Lipinski definition) is 0. The van der Waals surface area contributed by atoms with Gasteiger partial charge in [-0.15, -0.1) is 11.3 Å². The molecule has 0 amide bonds. The molecular weight excluding hydrogens is 348 g/mol. The number of pyridine rings is 1. The lowest BCUT2D eigenvalue weighted by molar-refractivity contribution is 0.134. The summed E-state index contributed by atoms with van der Waals surface area (Å²) in [5.74, 6) is 0. The highest BCUT2D eigenvalue weighted by molar-refractivity contribution is 9.10. The van der Waals surface area contributed by atoms with Crippen LogP contribution in [0.5, 0.6) is 0 Å². The lowest BCUT2D eigenvalue weighted by Crippen LogP contribution is -1.90. The molecule has 98 valence electrons. The van der Waals surface area contributed by atoms with E-state index in [1.54, 1.807) is 11.3 Å². The summed E-state index contributed by atoms with van der Waals surface area (Å²) in [6, 6.07) is 5.90. The van der Waals surface area contributed by atoms with Gasteiger partial charge in [0.25, 0.3) is 0 Å². The van der Waals surface area contributed by atoms with Crippen molar-refractivity contribution < 1.29 is 4.74 Å². The van der Waals surface area contributed by atoms with Crippen LogP contribution in [0.3, 0.4) is 0 Å². The molecule has 0 aliphatic heterocycles. The lowest BCUT2D eigenvalue weighted by atomic mass is 10.2. The third-order valence-corrected chi connectivity index (χ3v) is 4.70. The van der Waals surface area contributed by atoms with Gasteiger partial charge in [0.05, 0.1) is 16.8 Å². The van der Waals surface area contributed by atoms with Crippen molar-refractivity contribution >= 4 is 60.0 Å². The van der Waals surface area contributed by atoms with Crippen molar-refractivity contribution in [3.8, 4) is 0 Å². The maximum absolute atomic E-state index is 6.21. The van der Waals surface area contributed by atoms with Crippen LogP contribution in [0, 0.1) is 0 Å². The van der Waals surface area contributed by atoms with Crippen LogP contribution in [0.4, 0.5) is 0 Å². The number of rotatable bonds is 3. The molecule has 0 aliphatic carbocycles. The Labute approximate surface area is 127 Å². The van der Waals surface area contributed by atoms with Gasteiger partial charge in [0.15, 0.2) is 5.15 Å². The number of aromatic nitrogens is 2. The number of nitrogens with zero attached hydrogens (tertiary/aromatic N) is 2. The van der Waals surface area contributed by atoms with Crippen molar-refractivity contribution in [1.29, 1.82) is 0 Å². The maximum Gasteiger partial charge on any atom is 0.156 e. The highest BCUT2D eigenvalue weighted by Gasteiger charge is 2.14. The monoisotopic (exact) mass is 356 g/mol. The van der Waals surface area contributed by atoms with Crippen LogP contribution >= 0.6 is 38.9 Å². The first kappa shape index (κ1) is 13.2. The molecule has 0 saturated carbocycles. The standard InChI is InChI=1S/C13H10BrClN2OS/c1-2-18-6-9-17-11-12(19-9)10-7(14)4-3-5-8(10)16-13(11)15/h3-5H,2,6H2,1H3. The number of fused-ring (bicyclic) bond motifs is 3. The number of benzene rings is 1. The van der Waals surface area contributed by atoms with Crippen LogP contribution in [0.1, 0.15) is 11.9 Å². The quantitative estimate of drug-likeness (QED) is 0.632. The molecule has 0 spiro atoms. The minimum Gasteiger partial charge on any atom is -0.375 e. The molecule has 3 nitrogen and oxygen atoms in total. The molecule has 6 heteroatoms. The van der Waals surface area contributed by atoms with Gasteiger partial charge < -0.3 is 4.74 Å². The fraction of sp³-hybridized carbons (Fsp3) is 0.231. The normalized spacial score (nSPS) is 11.5. The van der Waals surface area contributed by atoms with E-state index in [2.05, 4.69) is 25.9 Å². The van der Waals surface area contributed by atoms with Gasteiger partial charge in [0.1, 0.15) is 10.5 Å². The zero-order valence-electron chi connectivity index (χ0n) is 10.1. The van der Waals surface area contributed by atoms with Crippen LogP contribution in [-0.4, -0.2) is 16.6 Å². The van der Waals surface area contributed by atoms with Gasteiger partial charge >= 0.3 is 0 Å². The van der Waals surface area contributed by atoms with Gasteiger partial charge in [-0.25, -0.2) is 9.97 Å². The van der Waals surface area contributed by atoms with E-state index in [9.17, 15) is 0 Å². The highest BCUT2D eigenvalue weighted by atomic mass is 79.9. The molecule has 0 fully saturated rings. The SMILES string of the molecule is CCOCc1nc2c(Cl)nc3cccc(Br)c3c2s1. The molecule has 1 aromatic carbocycles. The maximum atomic E-state index is 6.21. The van der Waals surface area contributed by atoms with E-state index < -0.39 is 0 Å². The summed E-state index contributed by atoms with van der Waals surface area (Å²) < 4.78 is 7.46. The number of hydrogen-bond acceptors (Lipinski definition) is 4. The Morgan fingerprint density at radius 3 is 3.00 bits per heavy atom. The predicted octanol–water partition coefficient (Wildman–Crippen LogP) is 4.80. The highest BCUT2D eigenvalue weighted by Crippen LogP contribution is 2.37. The largest absolute Gasteiger partial charge is 0.375 e. The summed E-state index contributed by atoms with van der Waals surface area (Å²) in [7, 11) is 0. The fourth-order valence-electron chi connectivity index (χ4n) is 1.91. The Hall–Kier alpha value is -0.750. The van der Waals surface area contributed by atoms with Crippen LogP contribution < -0.4 is 0 Å². The van der Waals surface area contributed by atoms with E-state index in [-0.39, 0.29) is 0 Å². The topological polar surface area (TPSA) is 35.0 Å². The summed E-state index contributed by atoms with van der Waals surface area (Å²) in [4.78, 5) is 8.92. The molecule has 2 aromatic heterocycles. The Bertz CT molecular complexity index is 759. The zero-order valence-corrected chi connectivity index (χ0v) is 13.3. The van der Waals surface area contributed by atoms with E-state index in [1.807, 2.05) is 25.1 Å². The van der Waals surface area contributed by atoms with E-state index >= 15 is 0 Å². The molecular formula is C13H10BrClN2OS. The Balaban J connectivity index is 2.30. The van der Waals surface area contributed by atoms with Crippen LogP contribution in [0.25, 0.3) is 21.1 Å². The molecule has 0 unspecified atom stereocenters. The summed E-state index contributed by atoms with van der Waals surface area (Å²) in [6.45, 7) is 3.15. The zero-order chi connectivity index (χ0) is 13.4. The average molecular weight is 358 g/mol. The molecule has 3 aromatic rings. The molecule has 0 aliphatic rings. The Kier molecular flexibility index (Phi) is 3.71. The van der Waals surface area contributed by atoms with Crippen molar-refractivity contribution in [2.45, 2.75) is 13.5 Å². The van der Waals surface area contributed by atoms with Crippen molar-refractivity contribution in [2.75, 3.05) is 6.61 Å². The smallest absolute Gasteiger partial charge is 0.156 e. The average Bonchev–Trinajstić information content (AvgIpc) is 2.81. The molecule has 19 heavy (non-hydrogen) atoms. The first-order valence-electron chi connectivity index (χ1n) is 5.81. The summed E-state index contributed by atoms with van der Waals surface area (Å²) in [5.41, 5.74) is 1.62. The second kappa shape index (κ2) is 5.32. The van der Waals surface area contributed by atoms with Gasteiger partial charge in [0, 0.05) is 16.5 Å². The van der Waals surface area contributed by atoms with E-state index in [4.69, 9.17) is 16.3 Å². The van der Waals surface area contributed by atoms with Crippen LogP contribution in [0.2, 0.25) is 5.15 Å². The van der Waals surface area contributed by atoms with Gasteiger partial charge in [-0.3, -0.25) is 0 Å². The second-order valence-electron chi connectivity index (χ2n) is 3.96. The van der Waals surface area contributed by atoms with Crippen molar-refractivity contribution in [3.63, 3.8) is 0 Å². The minimum atomic E-state index is 0.444. The minimum absolute atomic E-state index is 0.444. The molecule has 0 atom stereocenters. The van der Waals surface area contributed by atoms with Gasteiger partial charge in [-0.2, -0.15) is 0 Å². The number of halogens is 2. The van der Waals surface area contributed by atoms with Crippen molar-refractivity contribution in [1.82, 2.24) is 9.97 Å². The van der Waals surface area contributed by atoms with E-state index in [1.165, 1.54) is 0 Å². The Morgan fingerprint density at radius 2 is 2.21 bits per heavy atom. The fourth-order valence-corrected chi connectivity index (χ4v) is 3.95. The third-order valence-electron chi connectivity index (χ3n) is 2.73. The first-order chi connectivity index (χ1) is 9.20. The lowest BCUT2D eigenvalue weighted by Gasteiger charge is -2.01. The van der Waals surface area contributed by atoms with Gasteiger partial charge in [0.2, 0.25) is 0 Å². The van der Waals surface area contributed by atoms with Crippen LogP contribution in [-0.2, 0) is 11.3 Å². The van der Waals surface area contributed by atoms with Gasteiger partial charge in [-0.05, 0) is 19.1 Å². The summed E-state index contributed by atoms with van der Waals surface area (Å²) >= 11 is 11.4. The summed E-state index contributed by atoms with van der Waals surface area (Å²) in [6.07, 6.45) is 0. The molecule has 0 N–H and O–H groups in total. The summed E-state index contributed by atoms with van der Waals surface area (Å²) in [5, 5.41) is 2.42. The molecule has 3 rings (SSSR count). The predicted molar refractivity (Wildman–Crippen MR) is 83.0 cm³/mol. The molecule has 0 saturated heterocycles. The number of ether oxygens (including phenoxy) is 1.